The number of carbonyl (C=O) groups excluding carboxylic acids is 1. The Bertz CT molecular complexity index is 536. The van der Waals surface area contributed by atoms with E-state index < -0.39 is 18.2 Å². The van der Waals surface area contributed by atoms with Crippen LogP contribution in [0.1, 0.15) is 17.8 Å². The number of aryl methyl sites for hydroxylation is 2. The Morgan fingerprint density at radius 1 is 1.38 bits per heavy atom. The van der Waals surface area contributed by atoms with E-state index in [1.54, 1.807) is 13.8 Å². The number of amides is 2. The monoisotopic (exact) mass is 349 g/mol. The number of morpholine rings is 1. The summed E-state index contributed by atoms with van der Waals surface area (Å²) in [5, 5.41) is 11.7. The van der Waals surface area contributed by atoms with E-state index in [0.717, 1.165) is 0 Å². The van der Waals surface area contributed by atoms with Crippen molar-refractivity contribution in [1.82, 2.24) is 20.4 Å². The molecule has 10 heteroatoms. The highest BCUT2D eigenvalue weighted by Gasteiger charge is 2.43. The van der Waals surface area contributed by atoms with Gasteiger partial charge in [0.05, 0.1) is 30.3 Å². The van der Waals surface area contributed by atoms with Crippen molar-refractivity contribution in [2.45, 2.75) is 32.5 Å². The van der Waals surface area contributed by atoms with Crippen LogP contribution < -0.4 is 10.6 Å². The van der Waals surface area contributed by atoms with Crippen LogP contribution in [0.15, 0.2) is 0 Å². The van der Waals surface area contributed by atoms with Crippen molar-refractivity contribution in [2.24, 2.45) is 0 Å². The van der Waals surface area contributed by atoms with Gasteiger partial charge in [0.2, 0.25) is 0 Å². The number of ether oxygens (including phenoxy) is 1. The summed E-state index contributed by atoms with van der Waals surface area (Å²) in [4.78, 5) is 13.2. The Morgan fingerprint density at radius 2 is 2.04 bits per heavy atom. The summed E-state index contributed by atoms with van der Waals surface area (Å²) in [6.45, 7) is 4.45. The third kappa shape index (κ3) is 4.84. The number of urea groups is 1. The molecule has 3 N–H and O–H groups in total. The number of aromatic nitrogens is 2. The van der Waals surface area contributed by atoms with Gasteiger partial charge >= 0.3 is 12.2 Å². The molecule has 136 valence electrons. The SMILES string of the molecule is Cc1n[nH]c(C)c1NC(=O)NCCC(N1CCOCC1)C(F)(F)F. The third-order valence-electron chi connectivity index (χ3n) is 3.93. The third-order valence-corrected chi connectivity index (χ3v) is 3.93. The Morgan fingerprint density at radius 3 is 2.58 bits per heavy atom. The number of hydrogen-bond acceptors (Lipinski definition) is 4. The van der Waals surface area contributed by atoms with Gasteiger partial charge < -0.3 is 15.4 Å². The van der Waals surface area contributed by atoms with Crippen molar-refractivity contribution in [3.8, 4) is 0 Å². The molecule has 1 aromatic heterocycles. The van der Waals surface area contributed by atoms with Gasteiger partial charge in [0, 0.05) is 19.6 Å². The summed E-state index contributed by atoms with van der Waals surface area (Å²) < 4.78 is 44.7. The number of H-pyrrole nitrogens is 1. The van der Waals surface area contributed by atoms with E-state index in [0.29, 0.717) is 30.3 Å². The fourth-order valence-corrected chi connectivity index (χ4v) is 2.66. The molecule has 0 radical (unpaired) electrons. The number of halogens is 3. The van der Waals surface area contributed by atoms with Crippen LogP contribution in [0, 0.1) is 13.8 Å². The van der Waals surface area contributed by atoms with Crippen LogP contribution in [-0.2, 0) is 4.74 Å². The topological polar surface area (TPSA) is 82.3 Å². The first-order valence-electron chi connectivity index (χ1n) is 7.74. The van der Waals surface area contributed by atoms with E-state index in [-0.39, 0.29) is 26.1 Å². The van der Waals surface area contributed by atoms with Crippen molar-refractivity contribution in [3.63, 3.8) is 0 Å². The minimum atomic E-state index is -4.34. The largest absolute Gasteiger partial charge is 0.404 e. The summed E-state index contributed by atoms with van der Waals surface area (Å²) in [5.41, 5.74) is 1.83. The maximum Gasteiger partial charge on any atom is 0.404 e. The molecule has 1 aliphatic rings. The molecular weight excluding hydrogens is 327 g/mol. The maximum absolute atomic E-state index is 13.2. The Balaban J connectivity index is 1.84. The number of aromatic amines is 1. The summed E-state index contributed by atoms with van der Waals surface area (Å²) in [6, 6.07) is -2.13. The Labute approximate surface area is 137 Å². The van der Waals surface area contributed by atoms with Crippen LogP contribution in [-0.4, -0.2) is 66.2 Å². The van der Waals surface area contributed by atoms with Gasteiger partial charge in [-0.2, -0.15) is 18.3 Å². The highest BCUT2D eigenvalue weighted by molar-refractivity contribution is 5.90. The quantitative estimate of drug-likeness (QED) is 0.757. The molecule has 0 aromatic carbocycles. The smallest absolute Gasteiger partial charge is 0.379 e. The summed E-state index contributed by atoms with van der Waals surface area (Å²) in [5.74, 6) is 0. The first-order chi connectivity index (χ1) is 11.3. The standard InChI is InChI=1S/C14H22F3N5O2/c1-9-12(10(2)21-20-9)19-13(23)18-4-3-11(14(15,16)17)22-5-7-24-8-6-22/h11H,3-8H2,1-2H3,(H,20,21)(H2,18,19,23). The zero-order valence-corrected chi connectivity index (χ0v) is 13.7. The lowest BCUT2D eigenvalue weighted by Crippen LogP contribution is -2.51. The van der Waals surface area contributed by atoms with Gasteiger partial charge in [-0.1, -0.05) is 0 Å². The maximum atomic E-state index is 13.2. The van der Waals surface area contributed by atoms with Gasteiger partial charge in [-0.15, -0.1) is 0 Å². The van der Waals surface area contributed by atoms with Crippen LogP contribution in [0.4, 0.5) is 23.7 Å². The van der Waals surface area contributed by atoms with Crippen molar-refractivity contribution < 1.29 is 22.7 Å². The van der Waals surface area contributed by atoms with Crippen LogP contribution in [0.2, 0.25) is 0 Å². The van der Waals surface area contributed by atoms with Gasteiger partial charge in [0.1, 0.15) is 6.04 Å². The summed E-state index contributed by atoms with van der Waals surface area (Å²) in [6.07, 6.45) is -4.55. The number of carbonyl (C=O) groups is 1. The first kappa shape index (κ1) is 18.5. The van der Waals surface area contributed by atoms with E-state index in [1.807, 2.05) is 0 Å². The molecule has 1 aliphatic heterocycles. The van der Waals surface area contributed by atoms with Crippen LogP contribution in [0.3, 0.4) is 0 Å². The molecule has 0 saturated carbocycles. The minimum absolute atomic E-state index is 0.0800. The van der Waals surface area contributed by atoms with E-state index in [1.165, 1.54) is 4.90 Å². The summed E-state index contributed by atoms with van der Waals surface area (Å²) >= 11 is 0. The molecule has 1 saturated heterocycles. The summed E-state index contributed by atoms with van der Waals surface area (Å²) in [7, 11) is 0. The molecule has 1 fully saturated rings. The van der Waals surface area contributed by atoms with E-state index in [9.17, 15) is 18.0 Å². The van der Waals surface area contributed by atoms with Crippen LogP contribution in [0.25, 0.3) is 0 Å². The van der Waals surface area contributed by atoms with E-state index in [2.05, 4.69) is 20.8 Å². The van der Waals surface area contributed by atoms with Crippen molar-refractivity contribution in [2.75, 3.05) is 38.2 Å². The van der Waals surface area contributed by atoms with E-state index >= 15 is 0 Å². The average Bonchev–Trinajstić information content (AvgIpc) is 2.83. The normalized spacial score (nSPS) is 17.5. The van der Waals surface area contributed by atoms with Crippen molar-refractivity contribution in [3.05, 3.63) is 11.4 Å². The lowest BCUT2D eigenvalue weighted by atomic mass is 10.1. The number of alkyl halides is 3. The molecule has 0 spiro atoms. The molecule has 1 unspecified atom stereocenters. The number of nitrogens with zero attached hydrogens (tertiary/aromatic N) is 2. The Hall–Kier alpha value is -1.81. The van der Waals surface area contributed by atoms with Crippen molar-refractivity contribution in [1.29, 1.82) is 0 Å². The number of anilines is 1. The lowest BCUT2D eigenvalue weighted by molar-refractivity contribution is -0.193. The second-order valence-electron chi connectivity index (χ2n) is 5.68. The van der Waals surface area contributed by atoms with Gasteiger partial charge in [-0.3, -0.25) is 10.00 Å². The molecule has 2 rings (SSSR count). The van der Waals surface area contributed by atoms with Crippen LogP contribution in [0.5, 0.6) is 0 Å². The zero-order valence-electron chi connectivity index (χ0n) is 13.7. The van der Waals surface area contributed by atoms with Gasteiger partial charge in [-0.05, 0) is 20.3 Å². The van der Waals surface area contributed by atoms with Gasteiger partial charge in [0.25, 0.3) is 0 Å². The number of rotatable bonds is 5. The predicted octanol–water partition coefficient (Wildman–Crippen LogP) is 1.80. The highest BCUT2D eigenvalue weighted by atomic mass is 19.4. The minimum Gasteiger partial charge on any atom is -0.379 e. The first-order valence-corrected chi connectivity index (χ1v) is 7.74. The van der Waals surface area contributed by atoms with Gasteiger partial charge in [-0.25, -0.2) is 4.79 Å². The highest BCUT2D eigenvalue weighted by Crippen LogP contribution is 2.27. The van der Waals surface area contributed by atoms with Gasteiger partial charge in [0.15, 0.2) is 0 Å². The average molecular weight is 349 g/mol. The molecule has 1 atom stereocenters. The molecule has 1 aromatic rings. The molecular formula is C14H22F3N5O2. The predicted molar refractivity (Wildman–Crippen MR) is 81.9 cm³/mol. The molecule has 0 aliphatic carbocycles. The lowest BCUT2D eigenvalue weighted by Gasteiger charge is -2.35. The molecule has 24 heavy (non-hydrogen) atoms. The second-order valence-corrected chi connectivity index (χ2v) is 5.68. The fraction of sp³-hybridized carbons (Fsp3) is 0.714. The molecule has 0 bridgehead atoms. The molecule has 2 heterocycles. The zero-order chi connectivity index (χ0) is 17.7. The van der Waals surface area contributed by atoms with Crippen LogP contribution >= 0.6 is 0 Å². The number of nitrogens with one attached hydrogen (secondary N) is 3. The Kier molecular flexibility index (Phi) is 6.05. The molecule has 7 nitrogen and oxygen atoms in total. The second kappa shape index (κ2) is 7.84. The number of hydrogen-bond donors (Lipinski definition) is 3. The fourth-order valence-electron chi connectivity index (χ4n) is 2.66. The molecule has 2 amide bonds. The van der Waals surface area contributed by atoms with E-state index in [4.69, 9.17) is 4.74 Å². The van der Waals surface area contributed by atoms with Crippen molar-refractivity contribution >= 4 is 11.7 Å².